The Morgan fingerprint density at radius 1 is 1.59 bits per heavy atom. The fraction of sp³-hybridized carbons (Fsp3) is 0.455. The summed E-state index contributed by atoms with van der Waals surface area (Å²) < 4.78 is 5.18. The number of rotatable bonds is 5. The normalized spacial score (nSPS) is 13.2. The Morgan fingerprint density at radius 2 is 2.41 bits per heavy atom. The summed E-state index contributed by atoms with van der Waals surface area (Å²) in [5.74, 6) is 1.19. The van der Waals surface area contributed by atoms with Gasteiger partial charge >= 0.3 is 0 Å². The molecule has 0 aromatic carbocycles. The van der Waals surface area contributed by atoms with Gasteiger partial charge in [0.2, 0.25) is 0 Å². The molecule has 0 aliphatic rings. The molecule has 0 aliphatic heterocycles. The van der Waals surface area contributed by atoms with E-state index in [1.165, 1.54) is 0 Å². The van der Waals surface area contributed by atoms with Crippen LogP contribution in [0.2, 0.25) is 0 Å². The maximum absolute atomic E-state index is 9.25. The molecule has 0 aliphatic carbocycles. The molecular weight excluding hydrogens is 238 g/mol. The average molecular weight is 253 g/mol. The molecule has 0 fully saturated rings. The highest BCUT2D eigenvalue weighted by Gasteiger charge is 2.12. The molecular formula is C11H15N3O2S. The molecule has 0 radical (unpaired) electrons. The van der Waals surface area contributed by atoms with E-state index in [1.807, 2.05) is 29.5 Å². The lowest BCUT2D eigenvalue weighted by Crippen LogP contribution is -2.27. The van der Waals surface area contributed by atoms with Crippen molar-refractivity contribution < 1.29 is 9.63 Å². The van der Waals surface area contributed by atoms with Crippen LogP contribution in [0.25, 0.3) is 10.8 Å². The lowest BCUT2D eigenvalue weighted by molar-refractivity contribution is 0.136. The molecule has 0 saturated heterocycles. The summed E-state index contributed by atoms with van der Waals surface area (Å²) in [6, 6.07) is 3.89. The quantitative estimate of drug-likeness (QED) is 0.877. The van der Waals surface area contributed by atoms with Crippen LogP contribution in [0.4, 0.5) is 0 Å². The summed E-state index contributed by atoms with van der Waals surface area (Å²) in [5.41, 5.74) is 0. The van der Waals surface area contributed by atoms with E-state index in [4.69, 9.17) is 4.52 Å². The zero-order valence-electron chi connectivity index (χ0n) is 9.83. The van der Waals surface area contributed by atoms with E-state index in [2.05, 4.69) is 10.1 Å². The maximum Gasteiger partial charge on any atom is 0.268 e. The van der Waals surface area contributed by atoms with Crippen LogP contribution in [0.5, 0.6) is 0 Å². The Balaban J connectivity index is 1.99. The first-order chi connectivity index (χ1) is 8.15. The molecule has 2 rings (SSSR count). The first kappa shape index (κ1) is 12.2. The van der Waals surface area contributed by atoms with E-state index in [-0.39, 0.29) is 6.10 Å². The predicted octanol–water partition coefficient (Wildman–Crippen LogP) is 1.61. The molecule has 6 heteroatoms. The SMILES string of the molecule is CC(O)CN(C)Cc1noc(-c2cccs2)n1. The van der Waals surface area contributed by atoms with Gasteiger partial charge in [-0.3, -0.25) is 4.90 Å². The summed E-state index contributed by atoms with van der Waals surface area (Å²) in [4.78, 5) is 7.24. The molecule has 92 valence electrons. The van der Waals surface area contributed by atoms with Gasteiger partial charge in [-0.05, 0) is 25.4 Å². The molecule has 0 spiro atoms. The van der Waals surface area contributed by atoms with Crippen molar-refractivity contribution in [1.29, 1.82) is 0 Å². The van der Waals surface area contributed by atoms with Crippen LogP contribution >= 0.6 is 11.3 Å². The standard InChI is InChI=1S/C11H15N3O2S/c1-8(15)6-14(2)7-10-12-11(16-13-10)9-4-3-5-17-9/h3-5,8,15H,6-7H2,1-2H3. The lowest BCUT2D eigenvalue weighted by atomic mass is 10.3. The molecule has 2 aromatic rings. The Kier molecular flexibility index (Phi) is 3.88. The van der Waals surface area contributed by atoms with Gasteiger partial charge in [-0.1, -0.05) is 11.2 Å². The summed E-state index contributed by atoms with van der Waals surface area (Å²) in [7, 11) is 1.91. The zero-order valence-corrected chi connectivity index (χ0v) is 10.6. The summed E-state index contributed by atoms with van der Waals surface area (Å²) in [5, 5.41) is 15.1. The minimum absolute atomic E-state index is 0.358. The molecule has 17 heavy (non-hydrogen) atoms. The number of nitrogens with zero attached hydrogens (tertiary/aromatic N) is 3. The van der Waals surface area contributed by atoms with E-state index >= 15 is 0 Å². The first-order valence-corrected chi connectivity index (χ1v) is 6.26. The summed E-state index contributed by atoms with van der Waals surface area (Å²) in [6.45, 7) is 2.91. The maximum atomic E-state index is 9.25. The smallest absolute Gasteiger partial charge is 0.268 e. The number of thiophene rings is 1. The number of aromatic nitrogens is 2. The van der Waals surface area contributed by atoms with Crippen molar-refractivity contribution in [1.82, 2.24) is 15.0 Å². The van der Waals surface area contributed by atoms with E-state index in [9.17, 15) is 5.11 Å². The number of hydrogen-bond acceptors (Lipinski definition) is 6. The second-order valence-electron chi connectivity index (χ2n) is 4.04. The highest BCUT2D eigenvalue weighted by atomic mass is 32.1. The van der Waals surface area contributed by atoms with Crippen molar-refractivity contribution in [2.45, 2.75) is 19.6 Å². The average Bonchev–Trinajstić information content (AvgIpc) is 2.84. The Bertz CT molecular complexity index is 453. The molecule has 1 unspecified atom stereocenters. The van der Waals surface area contributed by atoms with Gasteiger partial charge in [0.05, 0.1) is 17.5 Å². The predicted molar refractivity (Wildman–Crippen MR) is 65.6 cm³/mol. The van der Waals surface area contributed by atoms with Crippen molar-refractivity contribution in [3.63, 3.8) is 0 Å². The van der Waals surface area contributed by atoms with Crippen LogP contribution in [0.1, 0.15) is 12.7 Å². The number of likely N-dealkylation sites (N-methyl/N-ethyl adjacent to an activating group) is 1. The third-order valence-electron chi connectivity index (χ3n) is 2.19. The van der Waals surface area contributed by atoms with Gasteiger partial charge in [0.25, 0.3) is 5.89 Å². The molecule has 2 aromatic heterocycles. The van der Waals surface area contributed by atoms with E-state index < -0.39 is 0 Å². The lowest BCUT2D eigenvalue weighted by Gasteiger charge is -2.15. The largest absolute Gasteiger partial charge is 0.392 e. The van der Waals surface area contributed by atoms with E-state index in [1.54, 1.807) is 18.3 Å². The van der Waals surface area contributed by atoms with Crippen LogP contribution in [-0.4, -0.2) is 39.8 Å². The van der Waals surface area contributed by atoms with Crippen LogP contribution in [0, 0.1) is 0 Å². The molecule has 0 saturated carbocycles. The number of aliphatic hydroxyl groups excluding tert-OH is 1. The molecule has 5 nitrogen and oxygen atoms in total. The van der Waals surface area contributed by atoms with Gasteiger partial charge in [-0.25, -0.2) is 0 Å². The molecule has 0 amide bonds. The number of hydrogen-bond donors (Lipinski definition) is 1. The van der Waals surface area contributed by atoms with Crippen molar-refractivity contribution in [2.75, 3.05) is 13.6 Å². The summed E-state index contributed by atoms with van der Waals surface area (Å²) >= 11 is 1.57. The van der Waals surface area contributed by atoms with E-state index in [0.717, 1.165) is 4.88 Å². The molecule has 0 bridgehead atoms. The zero-order chi connectivity index (χ0) is 12.3. The minimum Gasteiger partial charge on any atom is -0.392 e. The van der Waals surface area contributed by atoms with Crippen molar-refractivity contribution in [3.8, 4) is 10.8 Å². The van der Waals surface area contributed by atoms with Gasteiger partial charge in [0.1, 0.15) is 0 Å². The van der Waals surface area contributed by atoms with Crippen LogP contribution in [-0.2, 0) is 6.54 Å². The Morgan fingerprint density at radius 3 is 3.06 bits per heavy atom. The third-order valence-corrected chi connectivity index (χ3v) is 3.05. The minimum atomic E-state index is -0.358. The molecule has 1 N–H and O–H groups in total. The molecule has 2 heterocycles. The monoisotopic (exact) mass is 253 g/mol. The highest BCUT2D eigenvalue weighted by molar-refractivity contribution is 7.13. The summed E-state index contributed by atoms with van der Waals surface area (Å²) in [6.07, 6.45) is -0.358. The Labute approximate surface area is 104 Å². The fourth-order valence-corrected chi connectivity index (χ4v) is 2.22. The third kappa shape index (κ3) is 3.36. The first-order valence-electron chi connectivity index (χ1n) is 5.38. The van der Waals surface area contributed by atoms with Gasteiger partial charge < -0.3 is 9.63 Å². The Hall–Kier alpha value is -1.24. The fourth-order valence-electron chi connectivity index (χ4n) is 1.58. The second-order valence-corrected chi connectivity index (χ2v) is 4.99. The van der Waals surface area contributed by atoms with Gasteiger partial charge in [-0.2, -0.15) is 4.98 Å². The van der Waals surface area contributed by atoms with Gasteiger partial charge in [-0.15, -0.1) is 11.3 Å². The second kappa shape index (κ2) is 5.39. The van der Waals surface area contributed by atoms with Gasteiger partial charge in [0.15, 0.2) is 5.82 Å². The van der Waals surface area contributed by atoms with Crippen LogP contribution in [0.15, 0.2) is 22.0 Å². The van der Waals surface area contributed by atoms with Crippen molar-refractivity contribution >= 4 is 11.3 Å². The molecule has 1 atom stereocenters. The topological polar surface area (TPSA) is 62.4 Å². The van der Waals surface area contributed by atoms with E-state index in [0.29, 0.717) is 24.8 Å². The van der Waals surface area contributed by atoms with Crippen LogP contribution in [0.3, 0.4) is 0 Å². The number of aliphatic hydroxyl groups is 1. The van der Waals surface area contributed by atoms with Crippen molar-refractivity contribution in [3.05, 3.63) is 23.3 Å². The van der Waals surface area contributed by atoms with Crippen molar-refractivity contribution in [2.24, 2.45) is 0 Å². The van der Waals surface area contributed by atoms with Crippen LogP contribution < -0.4 is 0 Å². The van der Waals surface area contributed by atoms with Gasteiger partial charge in [0, 0.05) is 6.54 Å². The highest BCUT2D eigenvalue weighted by Crippen LogP contribution is 2.22.